The number of likely N-dealkylation sites (N-methyl/N-ethyl adjacent to an activating group) is 1. The number of phenolic OH excluding ortho intramolecular Hbond substituents is 2. The van der Waals surface area contributed by atoms with E-state index in [4.69, 9.17) is 5.53 Å². The molecule has 0 aromatic heterocycles. The Morgan fingerprint density at radius 1 is 1.55 bits per heavy atom. The number of hydrogen-bond acceptors (Lipinski definition) is 6. The van der Waals surface area contributed by atoms with E-state index < -0.39 is 5.91 Å². The molecule has 0 unspecified atom stereocenters. The maximum absolute atomic E-state index is 11.7. The van der Waals surface area contributed by atoms with Gasteiger partial charge in [0, 0.05) is 12.6 Å². The van der Waals surface area contributed by atoms with E-state index in [1.165, 1.54) is 24.9 Å². The van der Waals surface area contributed by atoms with Gasteiger partial charge in [-0.2, -0.15) is 5.11 Å². The van der Waals surface area contributed by atoms with Gasteiger partial charge in [0.2, 0.25) is 0 Å². The number of phenols is 2. The first kappa shape index (κ1) is 16.0. The Labute approximate surface area is 121 Å². The zero-order valence-electron chi connectivity index (χ0n) is 11.4. The largest absolute Gasteiger partial charge is 0.506 e. The minimum absolute atomic E-state index is 0.0158. The molecule has 0 saturated carbocycles. The molecule has 0 fully saturated rings. The molecular weight excluding hydrogens is 278 g/mol. The van der Waals surface area contributed by atoms with E-state index >= 15 is 0 Å². The number of nitrogens with zero attached hydrogens (tertiary/aromatic N) is 1. The molecule has 0 radical (unpaired) electrons. The van der Waals surface area contributed by atoms with E-state index in [0.29, 0.717) is 4.90 Å². The summed E-state index contributed by atoms with van der Waals surface area (Å²) in [6.07, 6.45) is 0.890. The van der Waals surface area contributed by atoms with Crippen LogP contribution in [-0.2, 0) is 4.79 Å². The third-order valence-corrected chi connectivity index (χ3v) is 3.83. The van der Waals surface area contributed by atoms with Gasteiger partial charge in [-0.3, -0.25) is 4.79 Å². The summed E-state index contributed by atoms with van der Waals surface area (Å²) in [5, 5.41) is 25.7. The van der Waals surface area contributed by atoms with Gasteiger partial charge in [0.15, 0.2) is 0 Å². The second kappa shape index (κ2) is 6.95. The van der Waals surface area contributed by atoms with Crippen molar-refractivity contribution < 1.29 is 15.0 Å². The Balaban J connectivity index is 3.45. The number of amides is 1. The molecule has 0 saturated heterocycles. The second-order valence-corrected chi connectivity index (χ2v) is 5.12. The summed E-state index contributed by atoms with van der Waals surface area (Å²) in [6, 6.07) is 1.34. The van der Waals surface area contributed by atoms with Crippen molar-refractivity contribution in [3.05, 3.63) is 18.2 Å². The predicted molar refractivity (Wildman–Crippen MR) is 78.7 cm³/mol. The molecule has 0 aliphatic carbocycles. The maximum atomic E-state index is 11.7. The van der Waals surface area contributed by atoms with Gasteiger partial charge in [-0.05, 0) is 18.2 Å². The molecule has 108 valence electrons. The molecule has 1 aromatic carbocycles. The van der Waals surface area contributed by atoms with Crippen molar-refractivity contribution in [2.45, 2.75) is 18.2 Å². The van der Waals surface area contributed by atoms with Crippen LogP contribution in [0.25, 0.3) is 5.57 Å². The summed E-state index contributed by atoms with van der Waals surface area (Å²) >= 11 is 1.35. The lowest BCUT2D eigenvalue weighted by atomic mass is 10.0. The highest BCUT2D eigenvalue weighted by molar-refractivity contribution is 7.99. The summed E-state index contributed by atoms with van der Waals surface area (Å²) in [7, 11) is 1.43. The molecule has 0 spiro atoms. The van der Waals surface area contributed by atoms with Gasteiger partial charge in [0.05, 0.1) is 10.5 Å². The molecule has 6 nitrogen and oxygen atoms in total. The highest BCUT2D eigenvalue weighted by Crippen LogP contribution is 2.46. The molecule has 1 amide bonds. The molecule has 1 rings (SSSR count). The number of carbonyl (C=O) groups is 1. The molecule has 0 aliphatic rings. The molecule has 0 aliphatic heterocycles. The third kappa shape index (κ3) is 3.11. The Bertz CT molecular complexity index is 558. The van der Waals surface area contributed by atoms with E-state index in [9.17, 15) is 15.0 Å². The van der Waals surface area contributed by atoms with Crippen molar-refractivity contribution in [1.29, 1.82) is 5.53 Å². The fraction of sp³-hybridized carbons (Fsp3) is 0.308. The van der Waals surface area contributed by atoms with Crippen LogP contribution in [0.5, 0.6) is 11.5 Å². The number of nitrogens with one attached hydrogen (secondary N) is 2. The van der Waals surface area contributed by atoms with E-state index in [2.05, 4.69) is 17.0 Å². The average molecular weight is 295 g/mol. The van der Waals surface area contributed by atoms with Crippen molar-refractivity contribution in [1.82, 2.24) is 5.32 Å². The average Bonchev–Trinajstić information content (AvgIpc) is 2.45. The first-order valence-corrected chi connectivity index (χ1v) is 6.96. The second-order valence-electron chi connectivity index (χ2n) is 3.98. The van der Waals surface area contributed by atoms with Gasteiger partial charge in [-0.25, -0.2) is 5.53 Å². The zero-order valence-corrected chi connectivity index (χ0v) is 12.2. The minimum Gasteiger partial charge on any atom is -0.506 e. The molecule has 0 atom stereocenters. The fourth-order valence-electron chi connectivity index (χ4n) is 1.61. The van der Waals surface area contributed by atoms with Gasteiger partial charge in [0.1, 0.15) is 17.2 Å². The summed E-state index contributed by atoms with van der Waals surface area (Å²) in [5.74, 6) is -0.226. The van der Waals surface area contributed by atoms with Gasteiger partial charge in [0.25, 0.3) is 5.91 Å². The lowest BCUT2D eigenvalue weighted by Crippen LogP contribution is -2.18. The number of hydrogen-bond donors (Lipinski definition) is 4. The Morgan fingerprint density at radius 3 is 2.70 bits per heavy atom. The van der Waals surface area contributed by atoms with Crippen LogP contribution in [0, 0.1) is 5.53 Å². The maximum Gasteiger partial charge on any atom is 0.251 e. The lowest BCUT2D eigenvalue weighted by molar-refractivity contribution is -0.115. The molecule has 0 bridgehead atoms. The molecule has 7 heteroatoms. The summed E-state index contributed by atoms with van der Waals surface area (Å²) in [6.45, 7) is 5.58. The van der Waals surface area contributed by atoms with Crippen molar-refractivity contribution in [2.75, 3.05) is 12.8 Å². The number of benzene rings is 1. The van der Waals surface area contributed by atoms with Gasteiger partial charge >= 0.3 is 0 Å². The smallest absolute Gasteiger partial charge is 0.251 e. The third-order valence-electron chi connectivity index (χ3n) is 2.59. The summed E-state index contributed by atoms with van der Waals surface area (Å²) < 4.78 is 0. The normalized spacial score (nSPS) is 10.1. The Morgan fingerprint density at radius 2 is 2.20 bits per heavy atom. The monoisotopic (exact) mass is 295 g/mol. The fourth-order valence-corrected chi connectivity index (χ4v) is 2.47. The van der Waals surface area contributed by atoms with E-state index in [0.717, 1.165) is 12.2 Å². The molecule has 1 aromatic rings. The van der Waals surface area contributed by atoms with Crippen molar-refractivity contribution in [3.8, 4) is 11.5 Å². The van der Waals surface area contributed by atoms with Crippen molar-refractivity contribution >= 4 is 28.9 Å². The Hall–Kier alpha value is -2.02. The van der Waals surface area contributed by atoms with Crippen LogP contribution < -0.4 is 5.32 Å². The Kier molecular flexibility index (Phi) is 5.57. The van der Waals surface area contributed by atoms with E-state index in [1.54, 1.807) is 0 Å². The molecule has 4 N–H and O–H groups in total. The standard InChI is InChI=1S/C13H17N3O3S/c1-4-5-20-9-6-8(17)11(16-14)10(12(9)18)7(2)13(19)15-3/h6,14,17-18H,2,4-5H2,1,3H3,(H,15,19). The van der Waals surface area contributed by atoms with E-state index in [-0.39, 0.29) is 28.3 Å². The van der Waals surface area contributed by atoms with Gasteiger partial charge < -0.3 is 15.5 Å². The first-order chi connectivity index (χ1) is 9.47. The van der Waals surface area contributed by atoms with Crippen LogP contribution in [0.2, 0.25) is 0 Å². The summed E-state index contributed by atoms with van der Waals surface area (Å²) in [5.41, 5.74) is 6.86. The van der Waals surface area contributed by atoms with Crippen LogP contribution >= 0.6 is 11.8 Å². The van der Waals surface area contributed by atoms with Crippen molar-refractivity contribution in [2.24, 2.45) is 5.11 Å². The predicted octanol–water partition coefficient (Wildman–Crippen LogP) is 3.02. The van der Waals surface area contributed by atoms with Crippen LogP contribution in [0.3, 0.4) is 0 Å². The molecular formula is C13H17N3O3S. The van der Waals surface area contributed by atoms with Crippen LogP contribution in [0.1, 0.15) is 18.9 Å². The number of rotatable bonds is 6. The SMILES string of the molecule is C=C(C(=O)NC)c1c(O)c(SCCC)cc(O)c1N=N. The van der Waals surface area contributed by atoms with Gasteiger partial charge in [-0.15, -0.1) is 11.8 Å². The van der Waals surface area contributed by atoms with E-state index in [1.807, 2.05) is 6.92 Å². The quantitative estimate of drug-likeness (QED) is 0.280. The molecule has 0 heterocycles. The van der Waals surface area contributed by atoms with Crippen molar-refractivity contribution in [3.63, 3.8) is 0 Å². The number of thioether (sulfide) groups is 1. The lowest BCUT2D eigenvalue weighted by Gasteiger charge is -2.14. The number of carbonyl (C=O) groups excluding carboxylic acids is 1. The van der Waals surface area contributed by atoms with Gasteiger partial charge in [-0.1, -0.05) is 13.5 Å². The van der Waals surface area contributed by atoms with Crippen LogP contribution in [0.15, 0.2) is 22.7 Å². The minimum atomic E-state index is -0.512. The first-order valence-electron chi connectivity index (χ1n) is 5.98. The number of aromatic hydroxyl groups is 2. The zero-order chi connectivity index (χ0) is 15.3. The van der Waals surface area contributed by atoms with Crippen LogP contribution in [0.4, 0.5) is 5.69 Å². The highest BCUT2D eigenvalue weighted by Gasteiger charge is 2.23. The highest BCUT2D eigenvalue weighted by atomic mass is 32.2. The van der Waals surface area contributed by atoms with Crippen LogP contribution in [-0.4, -0.2) is 28.9 Å². The molecule has 20 heavy (non-hydrogen) atoms. The topological polar surface area (TPSA) is 106 Å². The summed E-state index contributed by atoms with van der Waals surface area (Å²) in [4.78, 5) is 12.1.